The van der Waals surface area contributed by atoms with Crippen LogP contribution in [-0.2, 0) is 19.3 Å². The number of sulfone groups is 1. The number of rotatable bonds is 7. The number of hydrogen-bond donors (Lipinski definition) is 3. The number of carbonyl (C=O) groups excluding carboxylic acids is 1. The fourth-order valence-corrected chi connectivity index (χ4v) is 4.24. The van der Waals surface area contributed by atoms with Gasteiger partial charge in [-0.15, -0.1) is 0 Å². The van der Waals surface area contributed by atoms with Crippen LogP contribution in [0.4, 0.5) is 4.79 Å². The quantitative estimate of drug-likeness (QED) is 0.573. The van der Waals surface area contributed by atoms with Crippen molar-refractivity contribution < 1.29 is 32.5 Å². The van der Waals surface area contributed by atoms with Crippen LogP contribution in [0, 0.1) is 0 Å². The zero-order valence-electron chi connectivity index (χ0n) is 16.4. The van der Waals surface area contributed by atoms with E-state index in [9.17, 15) is 18.3 Å². The highest BCUT2D eigenvalue weighted by molar-refractivity contribution is 7.90. The Hall–Kier alpha value is -1.88. The fourth-order valence-electron chi connectivity index (χ4n) is 3.58. The second-order valence-electron chi connectivity index (χ2n) is 7.60. The minimum atomic E-state index is -3.34. The molecular formula is C19H28N2O7S. The molecule has 2 atom stereocenters. The first kappa shape index (κ1) is 21.8. The largest absolute Gasteiger partial charge is 0.491 e. The lowest BCUT2D eigenvalue weighted by Crippen LogP contribution is -2.43. The zero-order chi connectivity index (χ0) is 20.9. The topological polar surface area (TPSA) is 123 Å². The van der Waals surface area contributed by atoms with E-state index in [-0.39, 0.29) is 29.8 Å². The highest BCUT2D eigenvalue weighted by Gasteiger charge is 2.41. The van der Waals surface area contributed by atoms with Crippen LogP contribution in [0.1, 0.15) is 19.3 Å². The lowest BCUT2D eigenvalue weighted by atomic mass is 9.88. The number of carbonyl (C=O) groups is 1. The normalized spacial score (nSPS) is 22.2. The van der Waals surface area contributed by atoms with Crippen molar-refractivity contribution in [2.45, 2.75) is 41.9 Å². The van der Waals surface area contributed by atoms with Crippen LogP contribution in [-0.4, -0.2) is 76.5 Å². The second-order valence-corrected chi connectivity index (χ2v) is 9.62. The molecule has 1 amide bonds. The van der Waals surface area contributed by atoms with E-state index in [0.29, 0.717) is 12.4 Å². The van der Waals surface area contributed by atoms with Gasteiger partial charge in [0.05, 0.1) is 23.1 Å². The van der Waals surface area contributed by atoms with E-state index < -0.39 is 22.0 Å². The van der Waals surface area contributed by atoms with Crippen molar-refractivity contribution in [1.29, 1.82) is 0 Å². The molecule has 1 aromatic rings. The number of piperidine rings is 1. The van der Waals surface area contributed by atoms with Gasteiger partial charge in [-0.3, -0.25) is 0 Å². The molecule has 0 aliphatic carbocycles. The molecule has 0 bridgehead atoms. The summed E-state index contributed by atoms with van der Waals surface area (Å²) in [5.41, 5.74) is -0.156. The number of nitrogens with one attached hydrogen (secondary N) is 2. The number of hydrogen-bond acceptors (Lipinski definition) is 8. The Bertz CT molecular complexity index is 809. The van der Waals surface area contributed by atoms with E-state index in [1.807, 2.05) is 0 Å². The number of ether oxygens (including phenoxy) is 3. The van der Waals surface area contributed by atoms with Gasteiger partial charge >= 0.3 is 6.09 Å². The Morgan fingerprint density at radius 1 is 1.38 bits per heavy atom. The molecule has 0 saturated carbocycles. The van der Waals surface area contributed by atoms with Gasteiger partial charge in [-0.05, 0) is 50.6 Å². The summed E-state index contributed by atoms with van der Waals surface area (Å²) < 4.78 is 39.5. The third kappa shape index (κ3) is 6.30. The summed E-state index contributed by atoms with van der Waals surface area (Å²) in [7, 11) is -3.34. The summed E-state index contributed by atoms with van der Waals surface area (Å²) in [6.07, 6.45) is 2.07. The average molecular weight is 429 g/mol. The number of aliphatic hydroxyl groups excluding tert-OH is 1. The van der Waals surface area contributed by atoms with Gasteiger partial charge in [0.15, 0.2) is 9.84 Å². The zero-order valence-corrected chi connectivity index (χ0v) is 17.2. The summed E-state index contributed by atoms with van der Waals surface area (Å²) in [6, 6.07) is 5.89. The molecule has 2 saturated heterocycles. The van der Waals surface area contributed by atoms with Crippen molar-refractivity contribution in [3.8, 4) is 5.75 Å². The maximum Gasteiger partial charge on any atom is 0.407 e. The van der Waals surface area contributed by atoms with Crippen LogP contribution in [0.3, 0.4) is 0 Å². The van der Waals surface area contributed by atoms with Gasteiger partial charge in [0.1, 0.15) is 25.1 Å². The molecule has 2 aliphatic heterocycles. The Morgan fingerprint density at radius 3 is 2.86 bits per heavy atom. The molecule has 29 heavy (non-hydrogen) atoms. The first-order chi connectivity index (χ1) is 13.8. The SMILES string of the molecule is CS(=O)(=O)c1cccc(OC[C@@H](O)COC(=O)N[C@@H]2COC3(CCNCC3)C2)c1. The Labute approximate surface area is 170 Å². The van der Waals surface area contributed by atoms with Crippen molar-refractivity contribution in [2.75, 3.05) is 39.2 Å². The molecule has 162 valence electrons. The molecule has 2 fully saturated rings. The smallest absolute Gasteiger partial charge is 0.407 e. The van der Waals surface area contributed by atoms with Crippen LogP contribution in [0.2, 0.25) is 0 Å². The summed E-state index contributed by atoms with van der Waals surface area (Å²) >= 11 is 0. The fraction of sp³-hybridized carbons (Fsp3) is 0.632. The summed E-state index contributed by atoms with van der Waals surface area (Å²) in [4.78, 5) is 12.1. The highest BCUT2D eigenvalue weighted by Crippen LogP contribution is 2.33. The first-order valence-electron chi connectivity index (χ1n) is 9.65. The summed E-state index contributed by atoms with van der Waals surface area (Å²) in [5, 5.41) is 16.0. The molecule has 3 N–H and O–H groups in total. The minimum absolute atomic E-state index is 0.104. The lowest BCUT2D eigenvalue weighted by molar-refractivity contribution is -0.0194. The van der Waals surface area contributed by atoms with Crippen molar-refractivity contribution in [3.63, 3.8) is 0 Å². The van der Waals surface area contributed by atoms with E-state index in [4.69, 9.17) is 14.2 Å². The molecule has 0 radical (unpaired) electrons. The van der Waals surface area contributed by atoms with E-state index in [1.165, 1.54) is 12.1 Å². The van der Waals surface area contributed by atoms with Crippen molar-refractivity contribution in [1.82, 2.24) is 10.6 Å². The molecule has 3 rings (SSSR count). The number of alkyl carbamates (subject to hydrolysis) is 1. The monoisotopic (exact) mass is 428 g/mol. The van der Waals surface area contributed by atoms with Crippen LogP contribution in [0.15, 0.2) is 29.2 Å². The van der Waals surface area contributed by atoms with E-state index in [1.54, 1.807) is 12.1 Å². The van der Waals surface area contributed by atoms with E-state index in [2.05, 4.69) is 10.6 Å². The first-order valence-corrected chi connectivity index (χ1v) is 11.5. The molecule has 0 aromatic heterocycles. The van der Waals surface area contributed by atoms with Crippen LogP contribution in [0.25, 0.3) is 0 Å². The number of aliphatic hydroxyl groups is 1. The average Bonchev–Trinajstić information content (AvgIpc) is 3.06. The van der Waals surface area contributed by atoms with Crippen LogP contribution in [0.5, 0.6) is 5.75 Å². The van der Waals surface area contributed by atoms with E-state index in [0.717, 1.165) is 38.6 Å². The van der Waals surface area contributed by atoms with Crippen molar-refractivity contribution in [2.24, 2.45) is 0 Å². The molecule has 2 heterocycles. The third-order valence-electron chi connectivity index (χ3n) is 5.13. The molecule has 1 spiro atoms. The van der Waals surface area contributed by atoms with Crippen molar-refractivity contribution in [3.05, 3.63) is 24.3 Å². The van der Waals surface area contributed by atoms with Gasteiger partial charge in [0, 0.05) is 6.26 Å². The van der Waals surface area contributed by atoms with Gasteiger partial charge in [-0.2, -0.15) is 0 Å². The van der Waals surface area contributed by atoms with E-state index >= 15 is 0 Å². The molecule has 1 aromatic carbocycles. The van der Waals surface area contributed by atoms with Crippen LogP contribution < -0.4 is 15.4 Å². The summed E-state index contributed by atoms with van der Waals surface area (Å²) in [5.74, 6) is 0.312. The number of amides is 1. The molecular weight excluding hydrogens is 400 g/mol. The maximum absolute atomic E-state index is 12.0. The molecule has 0 unspecified atom stereocenters. The highest BCUT2D eigenvalue weighted by atomic mass is 32.2. The Kier molecular flexibility index (Phi) is 6.99. The Morgan fingerprint density at radius 2 is 2.14 bits per heavy atom. The summed E-state index contributed by atoms with van der Waals surface area (Å²) in [6.45, 7) is 1.91. The maximum atomic E-state index is 12.0. The van der Waals surface area contributed by atoms with Gasteiger partial charge in [-0.25, -0.2) is 13.2 Å². The Balaban J connectivity index is 1.37. The van der Waals surface area contributed by atoms with Gasteiger partial charge in [0.25, 0.3) is 0 Å². The van der Waals surface area contributed by atoms with Gasteiger partial charge in [-0.1, -0.05) is 6.07 Å². The molecule has 10 heteroatoms. The van der Waals surface area contributed by atoms with Gasteiger partial charge in [0.2, 0.25) is 0 Å². The standard InChI is InChI=1S/C19H28N2O7S/c1-29(24,25)17-4-2-3-16(9-17)26-12-15(22)13-27-18(23)21-14-10-19(28-11-14)5-7-20-8-6-19/h2-4,9,14-15,20,22H,5-8,10-13H2,1H3,(H,21,23)/t14-,15+/m0/s1. The molecule has 9 nitrogen and oxygen atoms in total. The van der Waals surface area contributed by atoms with Crippen molar-refractivity contribution >= 4 is 15.9 Å². The second kappa shape index (κ2) is 9.29. The lowest BCUT2D eigenvalue weighted by Gasteiger charge is -2.32. The minimum Gasteiger partial charge on any atom is -0.491 e. The number of benzene rings is 1. The predicted molar refractivity (Wildman–Crippen MR) is 105 cm³/mol. The predicted octanol–water partition coefficient (Wildman–Crippen LogP) is 0.467. The molecule has 2 aliphatic rings. The van der Waals surface area contributed by atoms with Gasteiger partial charge < -0.3 is 30.0 Å². The third-order valence-corrected chi connectivity index (χ3v) is 6.24. The van der Waals surface area contributed by atoms with Crippen LogP contribution >= 0.6 is 0 Å².